The van der Waals surface area contributed by atoms with Gasteiger partial charge in [0.05, 0.1) is 5.69 Å². The Morgan fingerprint density at radius 1 is 0.970 bits per heavy atom. The molecule has 0 spiro atoms. The molecule has 0 aliphatic heterocycles. The van der Waals surface area contributed by atoms with Crippen molar-refractivity contribution in [3.05, 3.63) is 77.5 Å². The molecule has 1 heterocycles. The summed E-state index contributed by atoms with van der Waals surface area (Å²) in [6.45, 7) is 5.06. The van der Waals surface area contributed by atoms with Crippen molar-refractivity contribution in [3.8, 4) is 16.9 Å². The second-order valence-electron chi connectivity index (χ2n) is 9.22. The largest absolute Gasteiger partial charge is 0.352 e. The molecule has 0 bridgehead atoms. The zero-order valence-electron chi connectivity index (χ0n) is 20.1. The van der Waals surface area contributed by atoms with Gasteiger partial charge in [0.1, 0.15) is 0 Å². The van der Waals surface area contributed by atoms with Gasteiger partial charge in [0, 0.05) is 23.5 Å². The highest BCUT2D eigenvalue weighted by molar-refractivity contribution is 5.94. The van der Waals surface area contributed by atoms with Crippen LogP contribution in [0.3, 0.4) is 0 Å². The molecule has 0 atom stereocenters. The molecule has 1 aliphatic carbocycles. The number of amides is 1. The van der Waals surface area contributed by atoms with Crippen LogP contribution < -0.4 is 5.32 Å². The minimum Gasteiger partial charge on any atom is -0.352 e. The lowest BCUT2D eigenvalue weighted by atomic mass is 9.98. The van der Waals surface area contributed by atoms with Crippen LogP contribution in [0, 0.1) is 0 Å². The average molecular weight is 444 g/mol. The lowest BCUT2D eigenvalue weighted by molar-refractivity contribution is 0.0952. The highest BCUT2D eigenvalue weighted by atomic mass is 16.1. The van der Waals surface area contributed by atoms with Crippen LogP contribution in [0.4, 0.5) is 0 Å². The maximum absolute atomic E-state index is 12.6. The van der Waals surface area contributed by atoms with Crippen LogP contribution in [0.25, 0.3) is 16.9 Å². The topological polar surface area (TPSA) is 37.3 Å². The predicted octanol–water partition coefficient (Wildman–Crippen LogP) is 5.87. The Labute approximate surface area is 198 Å². The van der Waals surface area contributed by atoms with Gasteiger partial charge in [-0.25, -0.2) is 0 Å². The van der Waals surface area contributed by atoms with E-state index in [0.717, 1.165) is 43.6 Å². The number of unbranched alkanes of at least 4 members (excludes halogenated alkanes) is 1. The van der Waals surface area contributed by atoms with Crippen molar-refractivity contribution in [3.63, 3.8) is 0 Å². The second kappa shape index (κ2) is 11.3. The monoisotopic (exact) mass is 443 g/mol. The molecule has 2 aromatic carbocycles. The molecule has 1 N–H and O–H groups in total. The van der Waals surface area contributed by atoms with Crippen LogP contribution in [0.5, 0.6) is 0 Å². The molecular weight excluding hydrogens is 406 g/mol. The van der Waals surface area contributed by atoms with Crippen LogP contribution in [0.2, 0.25) is 0 Å². The van der Waals surface area contributed by atoms with Gasteiger partial charge in [-0.05, 0) is 100 Å². The fraction of sp³-hybridized carbons (Fsp3) is 0.414. The van der Waals surface area contributed by atoms with E-state index < -0.39 is 0 Å². The van der Waals surface area contributed by atoms with Crippen molar-refractivity contribution < 1.29 is 4.79 Å². The number of benzene rings is 2. The van der Waals surface area contributed by atoms with Crippen LogP contribution in [-0.4, -0.2) is 42.1 Å². The van der Waals surface area contributed by atoms with Crippen LogP contribution in [0.1, 0.15) is 60.6 Å². The van der Waals surface area contributed by atoms with Crippen molar-refractivity contribution in [2.45, 2.75) is 51.9 Å². The lowest BCUT2D eigenvalue weighted by Gasteiger charge is -2.18. The summed E-state index contributed by atoms with van der Waals surface area (Å²) in [5.74, 6) is 0.00980. The fourth-order valence-electron chi connectivity index (χ4n) is 4.77. The summed E-state index contributed by atoms with van der Waals surface area (Å²) < 4.78 is 2.40. The third-order valence-electron chi connectivity index (χ3n) is 6.65. The smallest absolute Gasteiger partial charge is 0.251 e. The van der Waals surface area contributed by atoms with Crippen molar-refractivity contribution in [1.82, 2.24) is 14.8 Å². The highest BCUT2D eigenvalue weighted by Gasteiger charge is 2.20. The Bertz CT molecular complexity index is 1040. The van der Waals surface area contributed by atoms with E-state index in [1.807, 2.05) is 12.1 Å². The minimum atomic E-state index is 0.00980. The molecule has 1 aliphatic rings. The van der Waals surface area contributed by atoms with Gasteiger partial charge in [0.2, 0.25) is 0 Å². The zero-order chi connectivity index (χ0) is 23.0. The lowest BCUT2D eigenvalue weighted by Crippen LogP contribution is -2.28. The average Bonchev–Trinajstić information content (AvgIpc) is 3.25. The molecule has 0 unspecified atom stereocenters. The number of hydrogen-bond donors (Lipinski definition) is 1. The van der Waals surface area contributed by atoms with Crippen molar-refractivity contribution in [1.29, 1.82) is 0 Å². The van der Waals surface area contributed by atoms with Crippen molar-refractivity contribution >= 4 is 5.91 Å². The van der Waals surface area contributed by atoms with Gasteiger partial charge in [0.25, 0.3) is 5.91 Å². The molecule has 4 heteroatoms. The number of aryl methyl sites for hydroxylation is 1. The Morgan fingerprint density at radius 2 is 1.70 bits per heavy atom. The van der Waals surface area contributed by atoms with E-state index in [4.69, 9.17) is 0 Å². The van der Waals surface area contributed by atoms with E-state index in [9.17, 15) is 4.79 Å². The molecule has 0 saturated heterocycles. The summed E-state index contributed by atoms with van der Waals surface area (Å²) in [5, 5.41) is 3.08. The fourth-order valence-corrected chi connectivity index (χ4v) is 4.77. The summed E-state index contributed by atoms with van der Waals surface area (Å²) in [5.41, 5.74) is 7.21. The van der Waals surface area contributed by atoms with Gasteiger partial charge in [-0.1, -0.05) is 43.7 Å². The number of fused-ring (bicyclic) bond motifs is 1. The Hall–Kier alpha value is -2.85. The first-order valence-corrected chi connectivity index (χ1v) is 12.5. The first-order chi connectivity index (χ1) is 16.2. The summed E-state index contributed by atoms with van der Waals surface area (Å²) in [4.78, 5) is 15.0. The summed E-state index contributed by atoms with van der Waals surface area (Å²) in [7, 11) is 2.15. The van der Waals surface area contributed by atoms with Gasteiger partial charge in [-0.2, -0.15) is 0 Å². The van der Waals surface area contributed by atoms with E-state index in [2.05, 4.69) is 77.3 Å². The van der Waals surface area contributed by atoms with Crippen LogP contribution in [-0.2, 0) is 12.8 Å². The first kappa shape index (κ1) is 23.3. The molecule has 174 valence electrons. The van der Waals surface area contributed by atoms with E-state index in [-0.39, 0.29) is 5.91 Å². The number of nitrogens with zero attached hydrogens (tertiary/aromatic N) is 2. The summed E-state index contributed by atoms with van der Waals surface area (Å²) in [6.07, 6.45) is 8.17. The molecule has 0 saturated carbocycles. The van der Waals surface area contributed by atoms with Gasteiger partial charge < -0.3 is 14.8 Å². The first-order valence-electron chi connectivity index (χ1n) is 12.5. The third kappa shape index (κ3) is 5.75. The summed E-state index contributed by atoms with van der Waals surface area (Å²) >= 11 is 0. The SMILES string of the molecule is CCCCN(C)CCCNC(=O)c1ccc(-n2c(-c3ccccc3)cc3c2CCCC3)cc1. The molecule has 3 aromatic rings. The number of carbonyl (C=O) groups excluding carboxylic acids is 1. The Balaban J connectivity index is 1.45. The molecule has 1 aromatic heterocycles. The van der Waals surface area contributed by atoms with Crippen molar-refractivity contribution in [2.24, 2.45) is 0 Å². The molecule has 1 amide bonds. The van der Waals surface area contributed by atoms with Gasteiger partial charge >= 0.3 is 0 Å². The molecular formula is C29H37N3O. The van der Waals surface area contributed by atoms with Gasteiger partial charge in [-0.15, -0.1) is 0 Å². The Morgan fingerprint density at radius 3 is 2.45 bits per heavy atom. The molecule has 4 rings (SSSR count). The van der Waals surface area contributed by atoms with E-state index >= 15 is 0 Å². The number of nitrogens with one attached hydrogen (secondary N) is 1. The Kier molecular flexibility index (Phi) is 8.01. The standard InChI is InChI=1S/C29H37N3O/c1-3-4-20-31(2)21-10-19-30-29(33)24-15-17-26(18-16-24)32-27-14-9-8-13-25(27)22-28(32)23-11-6-5-7-12-23/h5-7,11-12,15-18,22H,3-4,8-10,13-14,19-21H2,1-2H3,(H,30,33). The maximum atomic E-state index is 12.6. The molecule has 4 nitrogen and oxygen atoms in total. The third-order valence-corrected chi connectivity index (χ3v) is 6.65. The summed E-state index contributed by atoms with van der Waals surface area (Å²) in [6, 6.07) is 21.1. The van der Waals surface area contributed by atoms with Crippen LogP contribution >= 0.6 is 0 Å². The molecule has 33 heavy (non-hydrogen) atoms. The van der Waals surface area contributed by atoms with Crippen LogP contribution in [0.15, 0.2) is 60.7 Å². The molecule has 0 fully saturated rings. The normalized spacial score (nSPS) is 13.2. The van der Waals surface area contributed by atoms with E-state index in [1.54, 1.807) is 0 Å². The predicted molar refractivity (Wildman–Crippen MR) is 137 cm³/mol. The maximum Gasteiger partial charge on any atom is 0.251 e. The highest BCUT2D eigenvalue weighted by Crippen LogP contribution is 2.33. The quantitative estimate of drug-likeness (QED) is 0.398. The van der Waals surface area contributed by atoms with E-state index in [1.165, 1.54) is 48.2 Å². The number of hydrogen-bond acceptors (Lipinski definition) is 2. The number of rotatable bonds is 10. The number of aromatic nitrogens is 1. The van der Waals surface area contributed by atoms with E-state index in [0.29, 0.717) is 6.54 Å². The van der Waals surface area contributed by atoms with Gasteiger partial charge in [0.15, 0.2) is 0 Å². The second-order valence-corrected chi connectivity index (χ2v) is 9.22. The molecule has 0 radical (unpaired) electrons. The minimum absolute atomic E-state index is 0.00980. The van der Waals surface area contributed by atoms with Gasteiger partial charge in [-0.3, -0.25) is 4.79 Å². The zero-order valence-corrected chi connectivity index (χ0v) is 20.1. The van der Waals surface area contributed by atoms with Crippen molar-refractivity contribution in [2.75, 3.05) is 26.7 Å². The number of carbonyl (C=O) groups is 1.